The number of hydrogen-bond acceptors (Lipinski definition) is 6. The molecule has 0 spiro atoms. The fourth-order valence-electron chi connectivity index (χ4n) is 1.35. The molecule has 8 heteroatoms. The normalized spacial score (nSPS) is 21.5. The van der Waals surface area contributed by atoms with Gasteiger partial charge in [0.25, 0.3) is 0 Å². The lowest BCUT2D eigenvalue weighted by atomic mass is 10.5. The van der Waals surface area contributed by atoms with Gasteiger partial charge in [-0.25, -0.2) is 0 Å². The van der Waals surface area contributed by atoms with Crippen LogP contribution in [0.1, 0.15) is 13.3 Å². The standard InChI is InChI=1S/C9H22O6Si2/c1-5-6-16(14-8-9-7-13-9)15-17(10-2,11-3)12-4/h9,16H,5-8H2,1-4H3. The van der Waals surface area contributed by atoms with Crippen molar-refractivity contribution >= 4 is 18.3 Å². The summed E-state index contributed by atoms with van der Waals surface area (Å²) in [6.45, 7) is 3.48. The highest BCUT2D eigenvalue weighted by Crippen LogP contribution is 2.16. The van der Waals surface area contributed by atoms with Crippen molar-refractivity contribution in [2.75, 3.05) is 34.5 Å². The van der Waals surface area contributed by atoms with Crippen LogP contribution in [0.2, 0.25) is 6.04 Å². The van der Waals surface area contributed by atoms with Crippen molar-refractivity contribution in [1.82, 2.24) is 0 Å². The first-order valence-electron chi connectivity index (χ1n) is 5.76. The Morgan fingerprint density at radius 3 is 2.24 bits per heavy atom. The molecule has 0 radical (unpaired) electrons. The van der Waals surface area contributed by atoms with E-state index in [4.69, 9.17) is 26.6 Å². The molecule has 0 bridgehead atoms. The molecule has 17 heavy (non-hydrogen) atoms. The van der Waals surface area contributed by atoms with Crippen LogP contribution in [0.15, 0.2) is 0 Å². The molecule has 1 rings (SSSR count). The second-order valence-electron chi connectivity index (χ2n) is 3.74. The third-order valence-corrected chi connectivity index (χ3v) is 7.74. The van der Waals surface area contributed by atoms with E-state index in [1.54, 1.807) is 0 Å². The number of rotatable bonds is 10. The van der Waals surface area contributed by atoms with Crippen molar-refractivity contribution in [3.63, 3.8) is 0 Å². The van der Waals surface area contributed by atoms with Crippen molar-refractivity contribution in [1.29, 1.82) is 0 Å². The van der Waals surface area contributed by atoms with Crippen molar-refractivity contribution < 1.29 is 26.6 Å². The van der Waals surface area contributed by atoms with Crippen LogP contribution in [-0.4, -0.2) is 59.0 Å². The summed E-state index contributed by atoms with van der Waals surface area (Å²) in [5, 5.41) is 0. The van der Waals surface area contributed by atoms with E-state index in [1.807, 2.05) is 0 Å². The molecule has 6 nitrogen and oxygen atoms in total. The molecule has 1 heterocycles. The molecule has 0 aromatic carbocycles. The van der Waals surface area contributed by atoms with Gasteiger partial charge in [0.1, 0.15) is 6.10 Å². The van der Waals surface area contributed by atoms with Crippen LogP contribution in [0, 0.1) is 0 Å². The molecular weight excluding hydrogens is 260 g/mol. The van der Waals surface area contributed by atoms with Gasteiger partial charge < -0.3 is 26.6 Å². The van der Waals surface area contributed by atoms with Crippen molar-refractivity contribution in [2.45, 2.75) is 25.5 Å². The van der Waals surface area contributed by atoms with Gasteiger partial charge in [-0.05, 0) is 6.04 Å². The van der Waals surface area contributed by atoms with E-state index in [9.17, 15) is 0 Å². The number of hydrogen-bond donors (Lipinski definition) is 0. The minimum Gasteiger partial charge on any atom is -0.394 e. The topological polar surface area (TPSA) is 58.7 Å². The number of ether oxygens (including phenoxy) is 1. The molecule has 0 aromatic rings. The fraction of sp³-hybridized carbons (Fsp3) is 1.00. The van der Waals surface area contributed by atoms with Gasteiger partial charge in [-0.15, -0.1) is 0 Å². The van der Waals surface area contributed by atoms with Gasteiger partial charge in [0.05, 0.1) is 13.2 Å². The highest BCUT2D eigenvalue weighted by molar-refractivity contribution is 6.64. The lowest BCUT2D eigenvalue weighted by molar-refractivity contribution is 0.0384. The van der Waals surface area contributed by atoms with Gasteiger partial charge in [0.2, 0.25) is 0 Å². The maximum Gasteiger partial charge on any atom is 0.669 e. The molecule has 0 aliphatic carbocycles. The lowest BCUT2D eigenvalue weighted by Gasteiger charge is -2.27. The Morgan fingerprint density at radius 1 is 1.24 bits per heavy atom. The summed E-state index contributed by atoms with van der Waals surface area (Å²) >= 11 is 0. The summed E-state index contributed by atoms with van der Waals surface area (Å²) < 4.78 is 32.4. The molecule has 0 aromatic heterocycles. The van der Waals surface area contributed by atoms with Crippen molar-refractivity contribution in [2.24, 2.45) is 0 Å². The largest absolute Gasteiger partial charge is 0.669 e. The van der Waals surface area contributed by atoms with Gasteiger partial charge in [-0.1, -0.05) is 13.3 Å². The Bertz CT molecular complexity index is 201. The van der Waals surface area contributed by atoms with E-state index in [0.717, 1.165) is 19.1 Å². The molecule has 1 fully saturated rings. The van der Waals surface area contributed by atoms with Crippen LogP contribution >= 0.6 is 0 Å². The van der Waals surface area contributed by atoms with Crippen LogP contribution < -0.4 is 0 Å². The van der Waals surface area contributed by atoms with Crippen LogP contribution in [-0.2, 0) is 26.6 Å². The third kappa shape index (κ3) is 5.14. The molecule has 0 N–H and O–H groups in total. The summed E-state index contributed by atoms with van der Waals surface area (Å²) in [5.74, 6) is 0. The molecule has 2 atom stereocenters. The summed E-state index contributed by atoms with van der Waals surface area (Å²) in [4.78, 5) is 0. The maximum atomic E-state index is 5.84. The first kappa shape index (κ1) is 15.3. The second-order valence-corrected chi connectivity index (χ2v) is 8.67. The fourth-order valence-corrected chi connectivity index (χ4v) is 6.10. The Labute approximate surface area is 105 Å². The summed E-state index contributed by atoms with van der Waals surface area (Å²) in [5.41, 5.74) is 0. The minimum atomic E-state index is -2.97. The predicted octanol–water partition coefficient (Wildman–Crippen LogP) is 0.424. The molecule has 2 unspecified atom stereocenters. The average Bonchev–Trinajstić information content (AvgIpc) is 3.17. The van der Waals surface area contributed by atoms with Gasteiger partial charge in [-0.2, -0.15) is 0 Å². The zero-order chi connectivity index (χ0) is 12.7. The minimum absolute atomic E-state index is 0.245. The predicted molar refractivity (Wildman–Crippen MR) is 65.8 cm³/mol. The second kappa shape index (κ2) is 7.59. The van der Waals surface area contributed by atoms with E-state index >= 15 is 0 Å². The quantitative estimate of drug-likeness (QED) is 0.428. The molecule has 1 saturated heterocycles. The van der Waals surface area contributed by atoms with Crippen LogP contribution in [0.4, 0.5) is 0 Å². The van der Waals surface area contributed by atoms with Crippen molar-refractivity contribution in [3.8, 4) is 0 Å². The van der Waals surface area contributed by atoms with Crippen LogP contribution in [0.3, 0.4) is 0 Å². The van der Waals surface area contributed by atoms with E-state index in [1.165, 1.54) is 21.3 Å². The van der Waals surface area contributed by atoms with Gasteiger partial charge in [0, 0.05) is 21.3 Å². The van der Waals surface area contributed by atoms with E-state index in [0.29, 0.717) is 6.61 Å². The maximum absolute atomic E-state index is 5.84. The Morgan fingerprint density at radius 2 is 1.82 bits per heavy atom. The molecule has 0 amide bonds. The molecule has 102 valence electrons. The number of epoxide rings is 1. The molecule has 1 aliphatic heterocycles. The van der Waals surface area contributed by atoms with E-state index in [-0.39, 0.29) is 6.10 Å². The first-order chi connectivity index (χ1) is 8.19. The zero-order valence-corrected chi connectivity index (χ0v) is 13.1. The SMILES string of the molecule is CCC[SiH](OCC1CO1)O[Si](OC)(OC)OC. The van der Waals surface area contributed by atoms with Crippen LogP contribution in [0.25, 0.3) is 0 Å². The summed E-state index contributed by atoms with van der Waals surface area (Å²) in [6.07, 6.45) is 1.25. The Hall–Kier alpha value is 0.194. The third-order valence-electron chi connectivity index (χ3n) is 2.42. The van der Waals surface area contributed by atoms with Gasteiger partial charge in [0.15, 0.2) is 0 Å². The highest BCUT2D eigenvalue weighted by atomic mass is 28.5. The summed E-state index contributed by atoms with van der Waals surface area (Å²) in [6, 6.07) is 0.900. The van der Waals surface area contributed by atoms with Gasteiger partial charge in [-0.3, -0.25) is 0 Å². The highest BCUT2D eigenvalue weighted by Gasteiger charge is 2.45. The zero-order valence-electron chi connectivity index (χ0n) is 10.9. The smallest absolute Gasteiger partial charge is 0.394 e. The summed E-state index contributed by atoms with van der Waals surface area (Å²) in [7, 11) is -0.209. The molecular formula is C9H22O6Si2. The Kier molecular flexibility index (Phi) is 6.81. The monoisotopic (exact) mass is 282 g/mol. The lowest BCUT2D eigenvalue weighted by Crippen LogP contribution is -2.51. The van der Waals surface area contributed by atoms with E-state index < -0.39 is 18.3 Å². The van der Waals surface area contributed by atoms with Crippen molar-refractivity contribution in [3.05, 3.63) is 0 Å². The van der Waals surface area contributed by atoms with Crippen LogP contribution in [0.5, 0.6) is 0 Å². The first-order valence-corrected chi connectivity index (χ1v) is 9.15. The van der Waals surface area contributed by atoms with Gasteiger partial charge >= 0.3 is 18.3 Å². The molecule has 0 saturated carbocycles. The average molecular weight is 282 g/mol. The molecule has 1 aliphatic rings. The Balaban J connectivity index is 2.43. The van der Waals surface area contributed by atoms with E-state index in [2.05, 4.69) is 6.92 Å².